The van der Waals surface area contributed by atoms with Gasteiger partial charge in [-0.15, -0.1) is 11.8 Å². The van der Waals surface area contributed by atoms with Crippen LogP contribution in [0.25, 0.3) is 0 Å². The molecule has 22 heavy (non-hydrogen) atoms. The zero-order valence-corrected chi connectivity index (χ0v) is 16.0. The van der Waals surface area contributed by atoms with Crippen LogP contribution in [0.2, 0.25) is 0 Å². The molecule has 4 atom stereocenters. The van der Waals surface area contributed by atoms with Crippen LogP contribution in [0.15, 0.2) is 11.6 Å². The van der Waals surface area contributed by atoms with E-state index in [0.29, 0.717) is 11.8 Å². The maximum Gasteiger partial charge on any atom is 0.229 e. The van der Waals surface area contributed by atoms with Crippen molar-refractivity contribution in [2.75, 3.05) is 0 Å². The molecule has 4 heteroatoms. The fourth-order valence-electron chi connectivity index (χ4n) is 3.59. The van der Waals surface area contributed by atoms with Crippen molar-refractivity contribution < 1.29 is 9.90 Å². The second-order valence-electron chi connectivity index (χ2n) is 8.54. The lowest BCUT2D eigenvalue weighted by Crippen LogP contribution is -2.48. The zero-order valence-electron chi connectivity index (χ0n) is 15.2. The molecule has 2 rings (SSSR count). The third kappa shape index (κ3) is 2.84. The minimum atomic E-state index is -0.707. The fourth-order valence-corrected chi connectivity index (χ4v) is 5.05. The highest BCUT2D eigenvalue weighted by atomic mass is 32.2. The first-order valence-electron chi connectivity index (χ1n) is 8.24. The van der Waals surface area contributed by atoms with E-state index in [0.717, 1.165) is 0 Å². The highest BCUT2D eigenvalue weighted by Gasteiger charge is 2.64. The molecule has 1 aliphatic carbocycles. The van der Waals surface area contributed by atoms with Gasteiger partial charge in [-0.05, 0) is 44.9 Å². The summed E-state index contributed by atoms with van der Waals surface area (Å²) in [6, 6.07) is 0. The smallest absolute Gasteiger partial charge is 0.229 e. The Morgan fingerprint density at radius 3 is 2.23 bits per heavy atom. The monoisotopic (exact) mass is 325 g/mol. The van der Waals surface area contributed by atoms with Gasteiger partial charge in [0.25, 0.3) is 0 Å². The molecule has 0 radical (unpaired) electrons. The van der Waals surface area contributed by atoms with Crippen molar-refractivity contribution in [3.8, 4) is 0 Å². The molecule has 2 aliphatic rings. The second-order valence-corrected chi connectivity index (χ2v) is 10.3. The summed E-state index contributed by atoms with van der Waals surface area (Å²) in [6.07, 6.45) is 1.51. The SMILES string of the molecule is CC(C)=CC1C(C(=O)N2C(C(C)C)SC(C)(C)C2O)C1(C)C. The molecule has 1 amide bonds. The Balaban J connectivity index is 2.27. The number of carbonyl (C=O) groups is 1. The molecular formula is C18H31NO2S. The molecule has 1 saturated heterocycles. The van der Waals surface area contributed by atoms with Gasteiger partial charge in [0.05, 0.1) is 16.0 Å². The summed E-state index contributed by atoms with van der Waals surface area (Å²) in [5, 5.41) is 10.7. The van der Waals surface area contributed by atoms with E-state index < -0.39 is 6.23 Å². The van der Waals surface area contributed by atoms with E-state index in [2.05, 4.69) is 47.6 Å². The first kappa shape index (κ1) is 17.9. The van der Waals surface area contributed by atoms with E-state index in [1.54, 1.807) is 16.7 Å². The number of allylic oxidation sites excluding steroid dienone is 2. The Morgan fingerprint density at radius 1 is 1.23 bits per heavy atom. The number of thioether (sulfide) groups is 1. The molecule has 1 aliphatic heterocycles. The fraction of sp³-hybridized carbons (Fsp3) is 0.833. The molecule has 1 N–H and O–H groups in total. The first-order chi connectivity index (χ1) is 9.91. The molecule has 0 aromatic heterocycles. The summed E-state index contributed by atoms with van der Waals surface area (Å²) < 4.78 is -0.310. The van der Waals surface area contributed by atoms with Crippen LogP contribution in [0, 0.1) is 23.2 Å². The largest absolute Gasteiger partial charge is 0.372 e. The number of aliphatic hydroxyl groups is 1. The lowest BCUT2D eigenvalue weighted by atomic mass is 10.1. The molecule has 0 aromatic carbocycles. The van der Waals surface area contributed by atoms with Crippen LogP contribution in [-0.4, -0.2) is 32.3 Å². The summed E-state index contributed by atoms with van der Waals surface area (Å²) in [7, 11) is 0. The van der Waals surface area contributed by atoms with E-state index in [9.17, 15) is 9.90 Å². The molecule has 3 nitrogen and oxygen atoms in total. The van der Waals surface area contributed by atoms with Crippen LogP contribution in [-0.2, 0) is 4.79 Å². The van der Waals surface area contributed by atoms with Gasteiger partial charge < -0.3 is 10.0 Å². The Labute approximate surface area is 139 Å². The third-order valence-corrected chi connectivity index (χ3v) is 6.93. The predicted octanol–water partition coefficient (Wildman–Crippen LogP) is 3.88. The summed E-state index contributed by atoms with van der Waals surface area (Å²) >= 11 is 1.72. The van der Waals surface area contributed by atoms with Gasteiger partial charge in [0.2, 0.25) is 5.91 Å². The van der Waals surface area contributed by atoms with E-state index in [1.807, 2.05) is 13.8 Å². The maximum absolute atomic E-state index is 13.2. The highest BCUT2D eigenvalue weighted by molar-refractivity contribution is 8.01. The molecular weight excluding hydrogens is 294 g/mol. The summed E-state index contributed by atoms with van der Waals surface area (Å²) in [4.78, 5) is 14.9. The van der Waals surface area contributed by atoms with Crippen molar-refractivity contribution >= 4 is 17.7 Å². The first-order valence-corrected chi connectivity index (χ1v) is 9.12. The molecule has 0 spiro atoms. The van der Waals surface area contributed by atoms with E-state index in [4.69, 9.17) is 0 Å². The number of nitrogens with zero attached hydrogens (tertiary/aromatic N) is 1. The van der Waals surface area contributed by atoms with E-state index in [1.165, 1.54) is 5.57 Å². The molecule has 4 unspecified atom stereocenters. The van der Waals surface area contributed by atoms with E-state index >= 15 is 0 Å². The van der Waals surface area contributed by atoms with Crippen molar-refractivity contribution in [2.45, 2.75) is 71.7 Å². The van der Waals surface area contributed by atoms with Crippen LogP contribution in [0.4, 0.5) is 0 Å². The highest BCUT2D eigenvalue weighted by Crippen LogP contribution is 2.61. The van der Waals surface area contributed by atoms with Gasteiger partial charge in [-0.1, -0.05) is 39.3 Å². The van der Waals surface area contributed by atoms with Crippen molar-refractivity contribution in [2.24, 2.45) is 23.2 Å². The Bertz CT molecular complexity index is 491. The molecule has 0 bridgehead atoms. The number of hydrogen-bond acceptors (Lipinski definition) is 3. The van der Waals surface area contributed by atoms with Crippen LogP contribution < -0.4 is 0 Å². The van der Waals surface area contributed by atoms with Crippen molar-refractivity contribution in [1.29, 1.82) is 0 Å². The maximum atomic E-state index is 13.2. The molecule has 0 aromatic rings. The molecule has 1 saturated carbocycles. The number of carbonyl (C=O) groups excluding carboxylic acids is 1. The second kappa shape index (κ2) is 5.55. The molecule has 1 heterocycles. The number of aliphatic hydroxyl groups excluding tert-OH is 1. The number of amides is 1. The zero-order chi connectivity index (χ0) is 17.0. The standard InChI is InChI=1S/C18H31NO2S/c1-10(2)9-12-13(17(12,5)6)14(20)19-15(11(3)4)22-18(7,8)16(19)21/h9,11-13,15-16,21H,1-8H3. The normalized spacial score (nSPS) is 35.6. The number of rotatable bonds is 3. The lowest BCUT2D eigenvalue weighted by molar-refractivity contribution is -0.146. The van der Waals surface area contributed by atoms with Crippen LogP contribution in [0.1, 0.15) is 55.4 Å². The van der Waals surface area contributed by atoms with Crippen LogP contribution in [0.3, 0.4) is 0 Å². The Morgan fingerprint density at radius 2 is 1.77 bits per heavy atom. The van der Waals surface area contributed by atoms with E-state index in [-0.39, 0.29) is 27.4 Å². The van der Waals surface area contributed by atoms with Crippen molar-refractivity contribution in [3.05, 3.63) is 11.6 Å². The summed E-state index contributed by atoms with van der Waals surface area (Å²) in [5.41, 5.74) is 1.25. The third-order valence-electron chi connectivity index (χ3n) is 5.10. The van der Waals surface area contributed by atoms with Crippen LogP contribution >= 0.6 is 11.8 Å². The van der Waals surface area contributed by atoms with Gasteiger partial charge in [-0.25, -0.2) is 0 Å². The number of hydrogen-bond donors (Lipinski definition) is 1. The summed E-state index contributed by atoms with van der Waals surface area (Å²) in [5.74, 6) is 0.734. The van der Waals surface area contributed by atoms with Gasteiger partial charge in [-0.2, -0.15) is 0 Å². The summed E-state index contributed by atoms with van der Waals surface area (Å²) in [6.45, 7) is 16.8. The van der Waals surface area contributed by atoms with Crippen molar-refractivity contribution in [1.82, 2.24) is 4.90 Å². The molecule has 126 valence electrons. The van der Waals surface area contributed by atoms with Gasteiger partial charge in [0, 0.05) is 0 Å². The quantitative estimate of drug-likeness (QED) is 0.801. The average molecular weight is 326 g/mol. The lowest BCUT2D eigenvalue weighted by Gasteiger charge is -2.31. The minimum absolute atomic E-state index is 0.00667. The Hall–Kier alpha value is -0.480. The molecule has 2 fully saturated rings. The van der Waals surface area contributed by atoms with Gasteiger partial charge in [0.15, 0.2) is 0 Å². The average Bonchev–Trinajstić information content (AvgIpc) is 2.76. The van der Waals surface area contributed by atoms with Gasteiger partial charge >= 0.3 is 0 Å². The van der Waals surface area contributed by atoms with Crippen LogP contribution in [0.5, 0.6) is 0 Å². The van der Waals surface area contributed by atoms with Crippen molar-refractivity contribution in [3.63, 3.8) is 0 Å². The van der Waals surface area contributed by atoms with Gasteiger partial charge in [0.1, 0.15) is 6.23 Å². The minimum Gasteiger partial charge on any atom is -0.372 e. The predicted molar refractivity (Wildman–Crippen MR) is 93.3 cm³/mol. The Kier molecular flexibility index (Phi) is 4.51. The topological polar surface area (TPSA) is 40.5 Å². The van der Waals surface area contributed by atoms with Gasteiger partial charge in [-0.3, -0.25) is 4.79 Å².